The Hall–Kier alpha value is -4.45. The van der Waals surface area contributed by atoms with Crippen LogP contribution in [0.4, 0.5) is 19.0 Å². The molecule has 2 aliphatic heterocycles. The molecule has 2 aromatic heterocycles. The molecule has 2 fully saturated rings. The lowest BCUT2D eigenvalue weighted by molar-refractivity contribution is -0.198. The van der Waals surface area contributed by atoms with Crippen LogP contribution in [0.3, 0.4) is 0 Å². The van der Waals surface area contributed by atoms with Crippen molar-refractivity contribution in [2.24, 2.45) is 5.41 Å². The van der Waals surface area contributed by atoms with Crippen LogP contribution >= 0.6 is 0 Å². The van der Waals surface area contributed by atoms with Crippen molar-refractivity contribution in [1.82, 2.24) is 25.1 Å². The van der Waals surface area contributed by atoms with Gasteiger partial charge in [-0.2, -0.15) is 23.3 Å². The maximum absolute atomic E-state index is 14.9. The van der Waals surface area contributed by atoms with Gasteiger partial charge in [-0.25, -0.2) is 9.67 Å². The quantitative estimate of drug-likeness (QED) is 0.219. The summed E-state index contributed by atoms with van der Waals surface area (Å²) in [6.45, 7) is 11.6. The van der Waals surface area contributed by atoms with Crippen LogP contribution in [0, 0.1) is 19.3 Å². The summed E-state index contributed by atoms with van der Waals surface area (Å²) in [5, 5.41) is 17.0. The van der Waals surface area contributed by atoms with Crippen LogP contribution in [0.1, 0.15) is 68.8 Å². The second kappa shape index (κ2) is 12.5. The third kappa shape index (κ3) is 7.03. The van der Waals surface area contributed by atoms with Gasteiger partial charge in [-0.05, 0) is 72.8 Å². The number of aliphatic carboxylic acids is 1. The number of hydrogen-bond acceptors (Lipinski definition) is 7. The predicted octanol–water partition coefficient (Wildman–Crippen LogP) is 6.96. The summed E-state index contributed by atoms with van der Waals surface area (Å²) in [7, 11) is 0. The lowest BCUT2D eigenvalue weighted by Crippen LogP contribution is -2.41. The number of carboxylic acids is 1. The molecule has 254 valence electrons. The summed E-state index contributed by atoms with van der Waals surface area (Å²) in [6.07, 6.45) is -3.43. The standard InChI is InChI=1S/C36H41F3N6O3/c1-22-12-15-45(43-22)29-18-25(24-6-9-26(10-7-24)34(3,4)5)8-11-27(29)32(36(37,38)39)48-31-19-30(41-23(2)42-31)44-16-13-35(14-17-44)20-28(33(46)47)40-21-35/h6-12,15,18-19,28,32,40H,13-14,16-17,20-21H2,1-5H3,(H,46,47)/t28-,32+/m0/s1. The molecule has 1 spiro atoms. The minimum atomic E-state index is -4.78. The number of nitrogens with one attached hydrogen (secondary N) is 1. The molecule has 2 aromatic carbocycles. The normalized spacial score (nSPS) is 18.7. The number of hydrogen-bond donors (Lipinski definition) is 2. The third-order valence-corrected chi connectivity index (χ3v) is 9.51. The lowest BCUT2D eigenvalue weighted by Gasteiger charge is -2.39. The van der Waals surface area contributed by atoms with Gasteiger partial charge in [-0.3, -0.25) is 4.79 Å². The first-order valence-corrected chi connectivity index (χ1v) is 16.2. The van der Waals surface area contributed by atoms with E-state index in [1.807, 2.05) is 29.2 Å². The van der Waals surface area contributed by atoms with Crippen molar-refractivity contribution in [3.63, 3.8) is 0 Å². The van der Waals surface area contributed by atoms with Gasteiger partial charge >= 0.3 is 12.1 Å². The van der Waals surface area contributed by atoms with E-state index in [0.717, 1.165) is 29.5 Å². The van der Waals surface area contributed by atoms with Gasteiger partial charge in [0, 0.05) is 37.5 Å². The zero-order chi connectivity index (χ0) is 34.4. The molecule has 12 heteroatoms. The number of carboxylic acid groups (broad SMARTS) is 1. The molecule has 2 aliphatic rings. The fourth-order valence-electron chi connectivity index (χ4n) is 6.71. The van der Waals surface area contributed by atoms with E-state index in [0.29, 0.717) is 37.6 Å². The number of ether oxygens (including phenoxy) is 1. The van der Waals surface area contributed by atoms with E-state index in [1.54, 1.807) is 38.2 Å². The molecule has 0 aliphatic carbocycles. The summed E-state index contributed by atoms with van der Waals surface area (Å²) in [5.41, 5.74) is 3.43. The predicted molar refractivity (Wildman–Crippen MR) is 177 cm³/mol. The summed E-state index contributed by atoms with van der Waals surface area (Å²) < 4.78 is 52.0. The molecule has 6 rings (SSSR count). The van der Waals surface area contributed by atoms with Crippen LogP contribution in [0.25, 0.3) is 16.8 Å². The number of aryl methyl sites for hydroxylation is 2. The van der Waals surface area contributed by atoms with Crippen molar-refractivity contribution in [2.45, 2.75) is 77.6 Å². The van der Waals surface area contributed by atoms with Gasteiger partial charge in [0.2, 0.25) is 12.0 Å². The Morgan fingerprint density at radius 3 is 2.27 bits per heavy atom. The zero-order valence-corrected chi connectivity index (χ0v) is 27.8. The van der Waals surface area contributed by atoms with E-state index >= 15 is 0 Å². The Balaban J connectivity index is 1.30. The van der Waals surface area contributed by atoms with Gasteiger partial charge in [-0.1, -0.05) is 57.2 Å². The Kier molecular flexibility index (Phi) is 8.74. The molecule has 2 saturated heterocycles. The summed E-state index contributed by atoms with van der Waals surface area (Å²) in [5.74, 6) is -0.268. The first-order valence-electron chi connectivity index (χ1n) is 16.2. The molecule has 0 unspecified atom stereocenters. The summed E-state index contributed by atoms with van der Waals surface area (Å²) >= 11 is 0. The fraction of sp³-hybridized carbons (Fsp3) is 0.444. The van der Waals surface area contributed by atoms with Gasteiger partial charge in [0.25, 0.3) is 0 Å². The van der Waals surface area contributed by atoms with Crippen LogP contribution in [0.15, 0.2) is 60.8 Å². The number of benzene rings is 2. The largest absolute Gasteiger partial charge is 0.480 e. The number of halogens is 3. The Morgan fingerprint density at radius 2 is 1.69 bits per heavy atom. The minimum Gasteiger partial charge on any atom is -0.480 e. The Bertz CT molecular complexity index is 1790. The maximum atomic E-state index is 14.9. The van der Waals surface area contributed by atoms with Gasteiger partial charge in [0.05, 0.1) is 11.4 Å². The summed E-state index contributed by atoms with van der Waals surface area (Å²) in [4.78, 5) is 22.3. The average Bonchev–Trinajstić information content (AvgIpc) is 3.65. The highest BCUT2D eigenvalue weighted by molar-refractivity contribution is 5.74. The summed E-state index contributed by atoms with van der Waals surface area (Å²) in [6, 6.07) is 15.5. The van der Waals surface area contributed by atoms with Crippen molar-refractivity contribution in [3.05, 3.63) is 83.4 Å². The van der Waals surface area contributed by atoms with Crippen molar-refractivity contribution < 1.29 is 27.8 Å². The van der Waals surface area contributed by atoms with E-state index in [2.05, 4.69) is 41.2 Å². The van der Waals surface area contributed by atoms with Crippen molar-refractivity contribution >= 4 is 11.8 Å². The third-order valence-electron chi connectivity index (χ3n) is 9.51. The molecular formula is C36H41F3N6O3. The number of aromatic nitrogens is 4. The van der Waals surface area contributed by atoms with Crippen LogP contribution in [0.5, 0.6) is 5.88 Å². The maximum Gasteiger partial charge on any atom is 0.429 e. The molecule has 48 heavy (non-hydrogen) atoms. The number of anilines is 1. The fourth-order valence-corrected chi connectivity index (χ4v) is 6.71. The number of piperidine rings is 1. The van der Waals surface area contributed by atoms with Crippen LogP contribution in [-0.2, 0) is 10.2 Å². The first-order chi connectivity index (χ1) is 22.6. The molecule has 2 N–H and O–H groups in total. The second-order valence-electron chi connectivity index (χ2n) is 14.1. The Labute approximate surface area is 278 Å². The van der Waals surface area contributed by atoms with Crippen molar-refractivity contribution in [3.8, 4) is 22.7 Å². The SMILES string of the molecule is Cc1ccn(-c2cc(-c3ccc(C(C)(C)C)cc3)ccc2[C@@H](Oc2cc(N3CCC4(CC3)CN[C@H](C(=O)O)C4)nc(C)n2)C(F)(F)F)n1. The molecule has 4 heterocycles. The Morgan fingerprint density at radius 1 is 1.00 bits per heavy atom. The molecular weight excluding hydrogens is 621 g/mol. The first kappa shape index (κ1) is 33.5. The van der Waals surface area contributed by atoms with E-state index in [-0.39, 0.29) is 33.8 Å². The monoisotopic (exact) mass is 662 g/mol. The molecule has 2 atom stereocenters. The van der Waals surface area contributed by atoms with Gasteiger partial charge < -0.3 is 20.1 Å². The molecule has 9 nitrogen and oxygen atoms in total. The topological polar surface area (TPSA) is 105 Å². The molecule has 4 aromatic rings. The molecule has 0 radical (unpaired) electrons. The lowest BCUT2D eigenvalue weighted by atomic mass is 9.76. The highest BCUT2D eigenvalue weighted by Crippen LogP contribution is 2.43. The van der Waals surface area contributed by atoms with E-state index < -0.39 is 24.3 Å². The van der Waals surface area contributed by atoms with E-state index in [9.17, 15) is 23.1 Å². The molecule has 0 bridgehead atoms. The minimum absolute atomic E-state index is 0.0359. The number of nitrogens with zero attached hydrogens (tertiary/aromatic N) is 5. The highest BCUT2D eigenvalue weighted by atomic mass is 19.4. The van der Waals surface area contributed by atoms with Crippen molar-refractivity contribution in [1.29, 1.82) is 0 Å². The van der Waals surface area contributed by atoms with Crippen LogP contribution in [-0.4, -0.2) is 62.7 Å². The highest BCUT2D eigenvalue weighted by Gasteiger charge is 2.46. The van der Waals surface area contributed by atoms with E-state index in [4.69, 9.17) is 4.74 Å². The van der Waals surface area contributed by atoms with Gasteiger partial charge in [-0.15, -0.1) is 0 Å². The van der Waals surface area contributed by atoms with Crippen LogP contribution < -0.4 is 15.0 Å². The second-order valence-corrected chi connectivity index (χ2v) is 14.1. The number of alkyl halides is 3. The van der Waals surface area contributed by atoms with Gasteiger partial charge in [0.1, 0.15) is 17.7 Å². The smallest absolute Gasteiger partial charge is 0.429 e. The average molecular weight is 663 g/mol. The molecule has 0 amide bonds. The molecule has 0 saturated carbocycles. The number of rotatable bonds is 7. The number of carbonyl (C=O) groups is 1. The van der Waals surface area contributed by atoms with Crippen LogP contribution in [0.2, 0.25) is 0 Å². The van der Waals surface area contributed by atoms with Gasteiger partial charge in [0.15, 0.2) is 0 Å². The van der Waals surface area contributed by atoms with E-state index in [1.165, 1.54) is 16.8 Å². The van der Waals surface area contributed by atoms with Crippen molar-refractivity contribution in [2.75, 3.05) is 24.5 Å². The zero-order valence-electron chi connectivity index (χ0n) is 27.8.